The fourth-order valence-electron chi connectivity index (χ4n) is 1.40. The molecule has 3 heteroatoms. The topological polar surface area (TPSA) is 12.5 Å². The van der Waals surface area contributed by atoms with Crippen LogP contribution in [0, 0.1) is 0 Å². The molecule has 0 aromatic carbocycles. The smallest absolute Gasteiger partial charge is 0.0975 e. The van der Waals surface area contributed by atoms with Gasteiger partial charge in [-0.2, -0.15) is 0 Å². The summed E-state index contributed by atoms with van der Waals surface area (Å²) in [5, 5.41) is 0. The first-order valence-electron chi connectivity index (χ1n) is 4.20. The number of piperidine rings is 1. The lowest BCUT2D eigenvalue weighted by atomic mass is 10.1. The normalized spacial score (nSPS) is 25.4. The van der Waals surface area contributed by atoms with Crippen LogP contribution in [0.3, 0.4) is 0 Å². The number of hydrogen-bond donors (Lipinski definition) is 1. The molecule has 0 radical (unpaired) electrons. The second-order valence-electron chi connectivity index (χ2n) is 3.24. The number of nitrogens with zero attached hydrogens (tertiary/aromatic N) is 1. The van der Waals surface area contributed by atoms with Crippen LogP contribution in [0.4, 0.5) is 0 Å². The van der Waals surface area contributed by atoms with Gasteiger partial charge >= 0.3 is 0 Å². The van der Waals surface area contributed by atoms with Gasteiger partial charge in [-0.1, -0.05) is 0 Å². The van der Waals surface area contributed by atoms with Crippen molar-refractivity contribution in [2.75, 3.05) is 20.1 Å². The highest BCUT2D eigenvalue weighted by molar-refractivity contribution is 7.80. The van der Waals surface area contributed by atoms with Crippen molar-refractivity contribution in [3.63, 3.8) is 0 Å². The standard InChI is InChI=1S/C8H17NOS/c1-7(11)10-8-3-5-9(2)6-4-8/h7-8,11H,3-6H2,1-2H3. The molecule has 0 aromatic heterocycles. The van der Waals surface area contributed by atoms with E-state index >= 15 is 0 Å². The Hall–Kier alpha value is 0.270. The Morgan fingerprint density at radius 3 is 2.45 bits per heavy atom. The molecule has 0 bridgehead atoms. The Morgan fingerprint density at radius 1 is 1.45 bits per heavy atom. The Balaban J connectivity index is 2.17. The van der Waals surface area contributed by atoms with Crippen molar-refractivity contribution >= 4 is 12.6 Å². The van der Waals surface area contributed by atoms with Crippen LogP contribution in [0.5, 0.6) is 0 Å². The maximum absolute atomic E-state index is 5.58. The largest absolute Gasteiger partial charge is 0.365 e. The minimum absolute atomic E-state index is 0.0865. The van der Waals surface area contributed by atoms with Gasteiger partial charge in [0.05, 0.1) is 11.5 Å². The van der Waals surface area contributed by atoms with Crippen LogP contribution in [-0.2, 0) is 4.74 Å². The molecule has 66 valence electrons. The van der Waals surface area contributed by atoms with E-state index in [1.807, 2.05) is 6.92 Å². The summed E-state index contributed by atoms with van der Waals surface area (Å²) in [4.78, 5) is 2.34. The van der Waals surface area contributed by atoms with Gasteiger partial charge in [0.1, 0.15) is 0 Å². The van der Waals surface area contributed by atoms with Gasteiger partial charge in [-0.3, -0.25) is 0 Å². The van der Waals surface area contributed by atoms with Crippen molar-refractivity contribution in [1.82, 2.24) is 4.90 Å². The highest BCUT2D eigenvalue weighted by atomic mass is 32.1. The first kappa shape index (κ1) is 9.36. The molecule has 1 saturated heterocycles. The number of thiol groups is 1. The summed E-state index contributed by atoms with van der Waals surface area (Å²) >= 11 is 4.19. The minimum Gasteiger partial charge on any atom is -0.365 e. The van der Waals surface area contributed by atoms with Crippen molar-refractivity contribution in [2.24, 2.45) is 0 Å². The van der Waals surface area contributed by atoms with Gasteiger partial charge in [0, 0.05) is 13.1 Å². The van der Waals surface area contributed by atoms with Crippen molar-refractivity contribution in [3.05, 3.63) is 0 Å². The fraction of sp³-hybridized carbons (Fsp3) is 1.00. The average Bonchev–Trinajstić information content (AvgIpc) is 1.93. The lowest BCUT2D eigenvalue weighted by molar-refractivity contribution is 0.00579. The summed E-state index contributed by atoms with van der Waals surface area (Å²) in [6.45, 7) is 4.29. The molecule has 0 N–H and O–H groups in total. The molecule has 0 spiro atoms. The second-order valence-corrected chi connectivity index (χ2v) is 3.97. The zero-order valence-corrected chi connectivity index (χ0v) is 8.18. The first-order chi connectivity index (χ1) is 5.18. The molecule has 1 rings (SSSR count). The lowest BCUT2D eigenvalue weighted by Crippen LogP contribution is -2.35. The molecule has 1 heterocycles. The van der Waals surface area contributed by atoms with Gasteiger partial charge in [-0.05, 0) is 26.8 Å². The van der Waals surface area contributed by atoms with E-state index in [2.05, 4.69) is 24.6 Å². The van der Waals surface area contributed by atoms with Crippen molar-refractivity contribution in [1.29, 1.82) is 0 Å². The SMILES string of the molecule is CC(S)OC1CCN(C)CC1. The van der Waals surface area contributed by atoms with Crippen molar-refractivity contribution in [3.8, 4) is 0 Å². The van der Waals surface area contributed by atoms with Gasteiger partial charge in [0.2, 0.25) is 0 Å². The van der Waals surface area contributed by atoms with E-state index in [1.54, 1.807) is 0 Å². The van der Waals surface area contributed by atoms with Gasteiger partial charge in [-0.25, -0.2) is 0 Å². The molecular weight excluding hydrogens is 158 g/mol. The monoisotopic (exact) mass is 175 g/mol. The third-order valence-corrected chi connectivity index (χ3v) is 2.18. The van der Waals surface area contributed by atoms with Gasteiger partial charge < -0.3 is 9.64 Å². The first-order valence-corrected chi connectivity index (χ1v) is 4.72. The maximum Gasteiger partial charge on any atom is 0.0975 e. The number of likely N-dealkylation sites (tertiary alicyclic amines) is 1. The van der Waals surface area contributed by atoms with Gasteiger partial charge in [-0.15, -0.1) is 12.6 Å². The zero-order valence-electron chi connectivity index (χ0n) is 7.29. The van der Waals surface area contributed by atoms with E-state index in [-0.39, 0.29) is 5.44 Å². The molecule has 0 aliphatic carbocycles. The fourth-order valence-corrected chi connectivity index (χ4v) is 1.57. The summed E-state index contributed by atoms with van der Waals surface area (Å²) < 4.78 is 5.58. The Morgan fingerprint density at radius 2 is 2.00 bits per heavy atom. The van der Waals surface area contributed by atoms with E-state index < -0.39 is 0 Å². The van der Waals surface area contributed by atoms with Crippen LogP contribution >= 0.6 is 12.6 Å². The molecule has 1 atom stereocenters. The molecule has 0 saturated carbocycles. The van der Waals surface area contributed by atoms with E-state index in [0.717, 1.165) is 25.9 Å². The Kier molecular flexibility index (Phi) is 3.69. The van der Waals surface area contributed by atoms with Gasteiger partial charge in [0.25, 0.3) is 0 Å². The zero-order chi connectivity index (χ0) is 8.27. The van der Waals surface area contributed by atoms with Crippen molar-refractivity contribution < 1.29 is 4.74 Å². The molecule has 1 unspecified atom stereocenters. The molecule has 1 aliphatic heterocycles. The van der Waals surface area contributed by atoms with Crippen LogP contribution in [0.25, 0.3) is 0 Å². The Labute approximate surface area is 74.3 Å². The molecule has 0 amide bonds. The van der Waals surface area contributed by atoms with Crippen LogP contribution in [0.1, 0.15) is 19.8 Å². The lowest BCUT2D eigenvalue weighted by Gasteiger charge is -2.29. The molecular formula is C8H17NOS. The summed E-state index contributed by atoms with van der Waals surface area (Å²) in [5.41, 5.74) is 0.0865. The summed E-state index contributed by atoms with van der Waals surface area (Å²) in [7, 11) is 2.15. The minimum atomic E-state index is 0.0865. The predicted molar refractivity (Wildman–Crippen MR) is 50.1 cm³/mol. The number of ether oxygens (including phenoxy) is 1. The molecule has 1 aliphatic rings. The van der Waals surface area contributed by atoms with E-state index in [4.69, 9.17) is 4.74 Å². The average molecular weight is 175 g/mol. The predicted octanol–water partition coefficient (Wildman–Crippen LogP) is 1.37. The second kappa shape index (κ2) is 4.33. The highest BCUT2D eigenvalue weighted by Gasteiger charge is 2.17. The maximum atomic E-state index is 5.58. The summed E-state index contributed by atoms with van der Waals surface area (Å²) in [6.07, 6.45) is 2.75. The molecule has 11 heavy (non-hydrogen) atoms. The third kappa shape index (κ3) is 3.45. The third-order valence-electron chi connectivity index (χ3n) is 2.05. The number of rotatable bonds is 2. The molecule has 2 nitrogen and oxygen atoms in total. The van der Waals surface area contributed by atoms with Crippen LogP contribution in [-0.4, -0.2) is 36.6 Å². The van der Waals surface area contributed by atoms with Crippen LogP contribution in [0.15, 0.2) is 0 Å². The highest BCUT2D eigenvalue weighted by Crippen LogP contribution is 2.14. The molecule has 0 aromatic rings. The summed E-state index contributed by atoms with van der Waals surface area (Å²) in [5.74, 6) is 0. The number of hydrogen-bond acceptors (Lipinski definition) is 3. The van der Waals surface area contributed by atoms with E-state index in [1.165, 1.54) is 0 Å². The quantitative estimate of drug-likeness (QED) is 0.503. The Bertz CT molecular complexity index is 111. The van der Waals surface area contributed by atoms with Crippen LogP contribution < -0.4 is 0 Å². The summed E-state index contributed by atoms with van der Waals surface area (Å²) in [6, 6.07) is 0. The van der Waals surface area contributed by atoms with Crippen molar-refractivity contribution in [2.45, 2.75) is 31.3 Å². The van der Waals surface area contributed by atoms with E-state index in [0.29, 0.717) is 6.10 Å². The molecule has 1 fully saturated rings. The van der Waals surface area contributed by atoms with Gasteiger partial charge in [0.15, 0.2) is 0 Å². The van der Waals surface area contributed by atoms with Crippen LogP contribution in [0.2, 0.25) is 0 Å². The van der Waals surface area contributed by atoms with E-state index in [9.17, 15) is 0 Å².